The first-order valence-corrected chi connectivity index (χ1v) is 9.24. The number of amides is 1. The van der Waals surface area contributed by atoms with Crippen molar-refractivity contribution in [2.24, 2.45) is 17.6 Å². The Morgan fingerprint density at radius 2 is 1.56 bits per heavy atom. The highest BCUT2D eigenvalue weighted by Crippen LogP contribution is 2.34. The fourth-order valence-electron chi connectivity index (χ4n) is 3.93. The van der Waals surface area contributed by atoms with Crippen molar-refractivity contribution >= 4 is 18.3 Å². The third-order valence-electron chi connectivity index (χ3n) is 5.65. The van der Waals surface area contributed by atoms with Crippen LogP contribution in [-0.2, 0) is 17.9 Å². The quantitative estimate of drug-likeness (QED) is 0.804. The fourth-order valence-corrected chi connectivity index (χ4v) is 3.93. The van der Waals surface area contributed by atoms with Gasteiger partial charge in [-0.15, -0.1) is 12.4 Å². The average Bonchev–Trinajstić information content (AvgIpc) is 3.31. The maximum atomic E-state index is 13.4. The summed E-state index contributed by atoms with van der Waals surface area (Å²) in [5.41, 5.74) is 9.48. The maximum absolute atomic E-state index is 13.4. The van der Waals surface area contributed by atoms with Crippen LogP contribution in [0.5, 0.6) is 0 Å². The lowest BCUT2D eigenvalue weighted by molar-refractivity contribution is -0.138. The molecule has 0 bridgehead atoms. The molecule has 2 aromatic rings. The number of aromatic nitrogens is 2. The van der Waals surface area contributed by atoms with E-state index in [9.17, 15) is 4.79 Å². The number of aryl methyl sites for hydroxylation is 4. The Bertz CT molecular complexity index is 699. The normalized spacial score (nSPS) is 19.1. The molecule has 2 N–H and O–H groups in total. The monoisotopic (exact) mass is 396 g/mol. The number of hydrogen-bond acceptors (Lipinski definition) is 6. The van der Waals surface area contributed by atoms with Crippen molar-refractivity contribution in [2.45, 2.75) is 60.0 Å². The molecule has 27 heavy (non-hydrogen) atoms. The van der Waals surface area contributed by atoms with Crippen molar-refractivity contribution < 1.29 is 13.8 Å². The zero-order valence-corrected chi connectivity index (χ0v) is 17.3. The SMILES string of the molecule is Cc1noc(C)c1CN(Cc1c(C)noc1C)C(=O)[C@@H]1CCC[C@@H]1CN.Cl. The first-order valence-electron chi connectivity index (χ1n) is 9.24. The summed E-state index contributed by atoms with van der Waals surface area (Å²) in [4.78, 5) is 15.3. The Morgan fingerprint density at radius 3 is 1.96 bits per heavy atom. The van der Waals surface area contributed by atoms with Crippen molar-refractivity contribution in [2.75, 3.05) is 6.54 Å². The van der Waals surface area contributed by atoms with Gasteiger partial charge in [0.2, 0.25) is 5.91 Å². The van der Waals surface area contributed by atoms with Gasteiger partial charge in [-0.25, -0.2) is 0 Å². The molecule has 0 aliphatic heterocycles. The van der Waals surface area contributed by atoms with Crippen LogP contribution in [0.4, 0.5) is 0 Å². The smallest absolute Gasteiger partial charge is 0.226 e. The highest BCUT2D eigenvalue weighted by molar-refractivity contribution is 5.85. The van der Waals surface area contributed by atoms with Crippen LogP contribution in [0, 0.1) is 39.5 Å². The molecule has 1 fully saturated rings. The number of halogens is 1. The lowest BCUT2D eigenvalue weighted by Gasteiger charge is -2.28. The molecule has 0 spiro atoms. The van der Waals surface area contributed by atoms with Crippen LogP contribution in [0.2, 0.25) is 0 Å². The van der Waals surface area contributed by atoms with Crippen molar-refractivity contribution in [3.63, 3.8) is 0 Å². The maximum Gasteiger partial charge on any atom is 0.226 e. The molecule has 1 amide bonds. The number of rotatable bonds is 6. The summed E-state index contributed by atoms with van der Waals surface area (Å²) >= 11 is 0. The molecule has 1 aliphatic carbocycles. The molecule has 3 rings (SSSR count). The van der Waals surface area contributed by atoms with E-state index in [1.807, 2.05) is 32.6 Å². The molecule has 150 valence electrons. The van der Waals surface area contributed by atoms with Gasteiger partial charge in [-0.1, -0.05) is 16.7 Å². The van der Waals surface area contributed by atoms with Gasteiger partial charge in [0.1, 0.15) is 11.5 Å². The summed E-state index contributed by atoms with van der Waals surface area (Å²) in [5, 5.41) is 8.05. The van der Waals surface area contributed by atoms with Gasteiger partial charge >= 0.3 is 0 Å². The summed E-state index contributed by atoms with van der Waals surface area (Å²) < 4.78 is 10.6. The van der Waals surface area contributed by atoms with Gasteiger partial charge < -0.3 is 19.7 Å². The predicted molar refractivity (Wildman–Crippen MR) is 103 cm³/mol. The number of carbonyl (C=O) groups is 1. The van der Waals surface area contributed by atoms with Gasteiger partial charge in [0.05, 0.1) is 24.5 Å². The minimum atomic E-state index is -0.0130. The van der Waals surface area contributed by atoms with Gasteiger partial charge in [-0.3, -0.25) is 4.79 Å². The highest BCUT2D eigenvalue weighted by Gasteiger charge is 2.35. The van der Waals surface area contributed by atoms with E-state index >= 15 is 0 Å². The molecule has 1 aliphatic rings. The minimum Gasteiger partial charge on any atom is -0.361 e. The Kier molecular flexibility index (Phi) is 7.06. The topological polar surface area (TPSA) is 98.4 Å². The minimum absolute atomic E-state index is 0. The molecule has 0 radical (unpaired) electrons. The summed E-state index contributed by atoms with van der Waals surface area (Å²) in [6.45, 7) is 9.07. The van der Waals surface area contributed by atoms with Crippen LogP contribution in [0.25, 0.3) is 0 Å². The third kappa shape index (κ3) is 4.35. The Morgan fingerprint density at radius 1 is 1.04 bits per heavy atom. The molecule has 7 nitrogen and oxygen atoms in total. The molecular weight excluding hydrogens is 368 g/mol. The lowest BCUT2D eigenvalue weighted by Crippen LogP contribution is -2.38. The number of carbonyl (C=O) groups excluding carboxylic acids is 1. The standard InChI is InChI=1S/C19H28N4O3.ClH/c1-11-17(13(3)25-21-11)9-23(10-18-12(2)22-26-14(18)4)19(24)16-7-5-6-15(16)8-20;/h15-16H,5-10,20H2,1-4H3;1H/t15-,16-;/m1./s1. The van der Waals surface area contributed by atoms with Crippen LogP contribution in [0.3, 0.4) is 0 Å². The zero-order chi connectivity index (χ0) is 18.8. The Hall–Kier alpha value is -1.86. The number of hydrogen-bond donors (Lipinski definition) is 1. The van der Waals surface area contributed by atoms with Crippen molar-refractivity contribution in [1.82, 2.24) is 15.2 Å². The molecule has 0 saturated heterocycles. The second kappa shape index (κ2) is 8.89. The summed E-state index contributed by atoms with van der Waals surface area (Å²) in [7, 11) is 0. The summed E-state index contributed by atoms with van der Waals surface area (Å²) in [6.07, 6.45) is 2.99. The molecule has 1 saturated carbocycles. The zero-order valence-electron chi connectivity index (χ0n) is 16.4. The van der Waals surface area contributed by atoms with E-state index in [2.05, 4.69) is 10.3 Å². The molecule has 2 atom stereocenters. The van der Waals surface area contributed by atoms with Crippen LogP contribution in [-0.4, -0.2) is 27.7 Å². The molecule has 8 heteroatoms. The van der Waals surface area contributed by atoms with E-state index in [-0.39, 0.29) is 30.2 Å². The van der Waals surface area contributed by atoms with E-state index in [1.54, 1.807) is 0 Å². The van der Waals surface area contributed by atoms with Gasteiger partial charge in [0.25, 0.3) is 0 Å². The number of nitrogens with zero attached hydrogens (tertiary/aromatic N) is 3. The summed E-state index contributed by atoms with van der Waals surface area (Å²) in [5.74, 6) is 1.90. The van der Waals surface area contributed by atoms with E-state index in [0.29, 0.717) is 19.6 Å². The second-order valence-corrected chi connectivity index (χ2v) is 7.33. The van der Waals surface area contributed by atoms with Crippen LogP contribution in [0.1, 0.15) is 53.3 Å². The van der Waals surface area contributed by atoms with E-state index in [4.69, 9.17) is 14.8 Å². The van der Waals surface area contributed by atoms with Gasteiger partial charge in [0.15, 0.2) is 0 Å². The first kappa shape index (κ1) is 21.4. The average molecular weight is 397 g/mol. The van der Waals surface area contributed by atoms with Gasteiger partial charge in [-0.2, -0.15) is 0 Å². The largest absolute Gasteiger partial charge is 0.361 e. The number of nitrogens with two attached hydrogens (primary N) is 1. The van der Waals surface area contributed by atoms with Crippen molar-refractivity contribution in [1.29, 1.82) is 0 Å². The van der Waals surface area contributed by atoms with E-state index in [0.717, 1.165) is 53.3 Å². The van der Waals surface area contributed by atoms with Crippen LogP contribution >= 0.6 is 12.4 Å². The fraction of sp³-hybridized carbons (Fsp3) is 0.632. The van der Waals surface area contributed by atoms with Gasteiger partial charge in [0, 0.05) is 17.0 Å². The second-order valence-electron chi connectivity index (χ2n) is 7.33. The third-order valence-corrected chi connectivity index (χ3v) is 5.65. The van der Waals surface area contributed by atoms with E-state index in [1.165, 1.54) is 0 Å². The van der Waals surface area contributed by atoms with Crippen molar-refractivity contribution in [3.8, 4) is 0 Å². The lowest BCUT2D eigenvalue weighted by atomic mass is 9.94. The molecule has 2 heterocycles. The van der Waals surface area contributed by atoms with Gasteiger partial charge in [-0.05, 0) is 53.0 Å². The highest BCUT2D eigenvalue weighted by atomic mass is 35.5. The van der Waals surface area contributed by atoms with Crippen molar-refractivity contribution in [3.05, 3.63) is 34.0 Å². The van der Waals surface area contributed by atoms with Crippen LogP contribution < -0.4 is 5.73 Å². The molecule has 2 aromatic heterocycles. The Labute approximate surface area is 166 Å². The van der Waals surface area contributed by atoms with Crippen LogP contribution in [0.15, 0.2) is 9.05 Å². The molecule has 0 unspecified atom stereocenters. The Balaban J connectivity index is 0.00000261. The predicted octanol–water partition coefficient (Wildman–Crippen LogP) is 3.22. The molecule has 0 aromatic carbocycles. The first-order chi connectivity index (χ1) is 12.4. The molecular formula is C19H29ClN4O3. The van der Waals surface area contributed by atoms with E-state index < -0.39 is 0 Å². The summed E-state index contributed by atoms with van der Waals surface area (Å²) in [6, 6.07) is 0.